The average molecular weight is 321 g/mol. The summed E-state index contributed by atoms with van der Waals surface area (Å²) < 4.78 is 4.94. The molecule has 0 bridgehead atoms. The fraction of sp³-hybridized carbons (Fsp3) is 0.529. The van der Waals surface area contributed by atoms with Crippen LogP contribution in [-0.4, -0.2) is 44.7 Å². The lowest BCUT2D eigenvalue weighted by Crippen LogP contribution is -2.34. The Morgan fingerprint density at radius 1 is 1.30 bits per heavy atom. The van der Waals surface area contributed by atoms with Crippen molar-refractivity contribution >= 4 is 17.5 Å². The van der Waals surface area contributed by atoms with E-state index >= 15 is 0 Å². The van der Waals surface area contributed by atoms with Crippen LogP contribution in [0.4, 0.5) is 5.69 Å². The Morgan fingerprint density at radius 2 is 2.09 bits per heavy atom. The van der Waals surface area contributed by atoms with E-state index in [0.29, 0.717) is 30.4 Å². The zero-order valence-electron chi connectivity index (χ0n) is 14.1. The number of nitrogens with one attached hydrogen (secondary N) is 3. The molecule has 128 valence electrons. The standard InChI is InChI=1S/C17H27N3O3/c1-4-13(2)19-12-16(21)20-15-8-5-7-14(11-15)17(22)18-9-6-10-23-3/h5,7-8,11,13,19H,4,6,9-10,12H2,1-3H3,(H,18,22)(H,20,21). The number of carbonyl (C=O) groups is 2. The van der Waals surface area contributed by atoms with Crippen LogP contribution in [0.2, 0.25) is 0 Å². The number of benzene rings is 1. The van der Waals surface area contributed by atoms with Crippen molar-refractivity contribution in [2.75, 3.05) is 32.1 Å². The van der Waals surface area contributed by atoms with E-state index in [1.54, 1.807) is 31.4 Å². The van der Waals surface area contributed by atoms with Crippen LogP contribution < -0.4 is 16.0 Å². The number of carbonyl (C=O) groups excluding carboxylic acids is 2. The lowest BCUT2D eigenvalue weighted by atomic mass is 10.2. The number of amides is 2. The Kier molecular flexibility index (Phi) is 8.94. The van der Waals surface area contributed by atoms with Crippen molar-refractivity contribution in [1.82, 2.24) is 10.6 Å². The lowest BCUT2D eigenvalue weighted by molar-refractivity contribution is -0.115. The van der Waals surface area contributed by atoms with Crippen molar-refractivity contribution in [2.45, 2.75) is 32.7 Å². The van der Waals surface area contributed by atoms with Crippen molar-refractivity contribution < 1.29 is 14.3 Å². The summed E-state index contributed by atoms with van der Waals surface area (Å²) in [5.41, 5.74) is 1.14. The van der Waals surface area contributed by atoms with Crippen LogP contribution in [0.5, 0.6) is 0 Å². The Bertz CT molecular complexity index is 506. The molecule has 0 aliphatic rings. The number of hydrogen-bond acceptors (Lipinski definition) is 4. The minimum atomic E-state index is -0.157. The molecule has 2 amide bonds. The summed E-state index contributed by atoms with van der Waals surface area (Å²) in [6.07, 6.45) is 1.73. The number of anilines is 1. The molecular weight excluding hydrogens is 294 g/mol. The molecule has 0 aliphatic carbocycles. The summed E-state index contributed by atoms with van der Waals surface area (Å²) >= 11 is 0. The number of hydrogen-bond donors (Lipinski definition) is 3. The molecule has 6 nitrogen and oxygen atoms in total. The van der Waals surface area contributed by atoms with Gasteiger partial charge in [-0.25, -0.2) is 0 Å². The molecule has 0 radical (unpaired) electrons. The molecule has 1 aromatic carbocycles. The number of rotatable bonds is 10. The minimum Gasteiger partial charge on any atom is -0.385 e. The zero-order valence-corrected chi connectivity index (χ0v) is 14.1. The molecular formula is C17H27N3O3. The van der Waals surface area contributed by atoms with Crippen LogP contribution in [0.25, 0.3) is 0 Å². The van der Waals surface area contributed by atoms with Gasteiger partial charge in [0.25, 0.3) is 5.91 Å². The Balaban J connectivity index is 2.49. The summed E-state index contributed by atoms with van der Waals surface area (Å²) in [6, 6.07) is 7.21. The summed E-state index contributed by atoms with van der Waals surface area (Å²) in [6.45, 7) is 5.51. The van der Waals surface area contributed by atoms with Crippen LogP contribution in [-0.2, 0) is 9.53 Å². The van der Waals surface area contributed by atoms with E-state index in [4.69, 9.17) is 4.74 Å². The van der Waals surface area contributed by atoms with Gasteiger partial charge in [-0.15, -0.1) is 0 Å². The fourth-order valence-corrected chi connectivity index (χ4v) is 1.88. The SMILES string of the molecule is CCC(C)NCC(=O)Nc1cccc(C(=O)NCCCOC)c1. The second-order valence-electron chi connectivity index (χ2n) is 5.42. The second-order valence-corrected chi connectivity index (χ2v) is 5.42. The highest BCUT2D eigenvalue weighted by atomic mass is 16.5. The Morgan fingerprint density at radius 3 is 2.78 bits per heavy atom. The van der Waals surface area contributed by atoms with Gasteiger partial charge < -0.3 is 20.7 Å². The van der Waals surface area contributed by atoms with Gasteiger partial charge in [-0.3, -0.25) is 9.59 Å². The molecule has 0 aliphatic heterocycles. The van der Waals surface area contributed by atoms with Crippen molar-refractivity contribution in [1.29, 1.82) is 0 Å². The van der Waals surface area contributed by atoms with Gasteiger partial charge in [-0.1, -0.05) is 13.0 Å². The van der Waals surface area contributed by atoms with Crippen molar-refractivity contribution in [3.63, 3.8) is 0 Å². The molecule has 23 heavy (non-hydrogen) atoms. The van der Waals surface area contributed by atoms with E-state index in [1.807, 2.05) is 6.92 Å². The number of methoxy groups -OCH3 is 1. The van der Waals surface area contributed by atoms with Crippen molar-refractivity contribution in [3.8, 4) is 0 Å². The predicted molar refractivity (Wildman–Crippen MR) is 91.7 cm³/mol. The molecule has 0 saturated heterocycles. The summed E-state index contributed by atoms with van der Waals surface area (Å²) in [5.74, 6) is -0.280. The topological polar surface area (TPSA) is 79.5 Å². The molecule has 0 spiro atoms. The van der Waals surface area contributed by atoms with E-state index in [1.165, 1.54) is 0 Å². The maximum absolute atomic E-state index is 12.0. The molecule has 1 atom stereocenters. The molecule has 1 aromatic rings. The monoisotopic (exact) mass is 321 g/mol. The van der Waals surface area contributed by atoms with Crippen molar-refractivity contribution in [3.05, 3.63) is 29.8 Å². The average Bonchev–Trinajstić information content (AvgIpc) is 2.56. The predicted octanol–water partition coefficient (Wildman–Crippen LogP) is 1.78. The van der Waals surface area contributed by atoms with Crippen LogP contribution in [0, 0.1) is 0 Å². The molecule has 0 heterocycles. The van der Waals surface area contributed by atoms with Gasteiger partial charge in [-0.05, 0) is 38.0 Å². The third-order valence-corrected chi connectivity index (χ3v) is 3.44. The van der Waals surface area contributed by atoms with Gasteiger partial charge >= 0.3 is 0 Å². The Hall–Kier alpha value is -1.92. The van der Waals surface area contributed by atoms with E-state index in [-0.39, 0.29) is 18.4 Å². The first-order valence-corrected chi connectivity index (χ1v) is 7.97. The fourth-order valence-electron chi connectivity index (χ4n) is 1.88. The first kappa shape index (κ1) is 19.1. The summed E-state index contributed by atoms with van der Waals surface area (Å²) in [4.78, 5) is 23.9. The maximum Gasteiger partial charge on any atom is 0.251 e. The molecule has 0 fully saturated rings. The zero-order chi connectivity index (χ0) is 17.1. The van der Waals surface area contributed by atoms with E-state index in [9.17, 15) is 9.59 Å². The third-order valence-electron chi connectivity index (χ3n) is 3.44. The lowest BCUT2D eigenvalue weighted by Gasteiger charge is -2.12. The Labute approximate surface area is 138 Å². The molecule has 3 N–H and O–H groups in total. The summed E-state index contributed by atoms with van der Waals surface area (Å²) in [7, 11) is 1.63. The highest BCUT2D eigenvalue weighted by Crippen LogP contribution is 2.10. The third kappa shape index (κ3) is 7.76. The van der Waals surface area contributed by atoms with Crippen LogP contribution >= 0.6 is 0 Å². The van der Waals surface area contributed by atoms with Gasteiger partial charge in [0.1, 0.15) is 0 Å². The van der Waals surface area contributed by atoms with Gasteiger partial charge in [0.2, 0.25) is 5.91 Å². The van der Waals surface area contributed by atoms with Gasteiger partial charge in [0.15, 0.2) is 0 Å². The van der Waals surface area contributed by atoms with Crippen LogP contribution in [0.1, 0.15) is 37.0 Å². The normalized spacial score (nSPS) is 11.8. The first-order chi connectivity index (χ1) is 11.1. The van der Waals surface area contributed by atoms with Crippen molar-refractivity contribution in [2.24, 2.45) is 0 Å². The van der Waals surface area contributed by atoms with Gasteiger partial charge in [0, 0.05) is 37.6 Å². The molecule has 0 aromatic heterocycles. The van der Waals surface area contributed by atoms with Crippen LogP contribution in [0.15, 0.2) is 24.3 Å². The quantitative estimate of drug-likeness (QED) is 0.574. The van der Waals surface area contributed by atoms with E-state index < -0.39 is 0 Å². The molecule has 1 rings (SSSR count). The number of ether oxygens (including phenoxy) is 1. The van der Waals surface area contributed by atoms with Crippen LogP contribution in [0.3, 0.4) is 0 Å². The smallest absolute Gasteiger partial charge is 0.251 e. The second kappa shape index (κ2) is 10.7. The van der Waals surface area contributed by atoms with E-state index in [0.717, 1.165) is 12.8 Å². The first-order valence-electron chi connectivity index (χ1n) is 7.97. The maximum atomic E-state index is 12.0. The van der Waals surface area contributed by atoms with Gasteiger partial charge in [0.05, 0.1) is 6.54 Å². The molecule has 1 unspecified atom stereocenters. The minimum absolute atomic E-state index is 0.122. The van der Waals surface area contributed by atoms with Gasteiger partial charge in [-0.2, -0.15) is 0 Å². The largest absolute Gasteiger partial charge is 0.385 e. The molecule has 6 heteroatoms. The molecule has 0 saturated carbocycles. The summed E-state index contributed by atoms with van der Waals surface area (Å²) in [5, 5.41) is 8.74. The van der Waals surface area contributed by atoms with E-state index in [2.05, 4.69) is 22.9 Å². The highest BCUT2D eigenvalue weighted by molar-refractivity contribution is 5.97. The highest BCUT2D eigenvalue weighted by Gasteiger charge is 2.08.